The number of benzene rings is 1. The van der Waals surface area contributed by atoms with Crippen LogP contribution in [0.3, 0.4) is 0 Å². The number of hydrogen-bond acceptors (Lipinski definition) is 10. The summed E-state index contributed by atoms with van der Waals surface area (Å²) in [7, 11) is 3.60. The van der Waals surface area contributed by atoms with Gasteiger partial charge in [-0.15, -0.1) is 0 Å². The minimum Gasteiger partial charge on any atom is -0.493 e. The SMILES string of the molecule is CCCCOC(=O)CCC(=O)O[C@@H](C)C(=O)OC1=CC[C@@]2(O)[C@H]3Cc4ccc(OC)c5c4[C@@]2(CCN3C)[C@H]1O5. The Bertz CT molecular complexity index is 1200. The standard InChI is InChI=1S/C29H37NO9/c1-5-6-15-36-22(31)9-10-23(32)37-17(2)27(33)38-20-11-12-29(34)21-16-18-7-8-19(35-4)25-24(18)28(29,26(20)39-25)13-14-30(21)3/h7-8,11,17,21,26,34H,5-6,9-10,12-16H2,1-4H3/t17-,21+,26-,28-,29+/m0/s1. The number of esters is 3. The Labute approximate surface area is 228 Å². The Morgan fingerprint density at radius 3 is 2.74 bits per heavy atom. The summed E-state index contributed by atoms with van der Waals surface area (Å²) < 4.78 is 28.2. The van der Waals surface area contributed by atoms with Gasteiger partial charge >= 0.3 is 17.9 Å². The zero-order valence-corrected chi connectivity index (χ0v) is 23.0. The van der Waals surface area contributed by atoms with Crippen molar-refractivity contribution in [3.05, 3.63) is 35.1 Å². The average Bonchev–Trinajstić information content (AvgIpc) is 3.27. The van der Waals surface area contributed by atoms with Crippen molar-refractivity contribution in [2.45, 2.75) is 88.1 Å². The molecule has 0 radical (unpaired) electrons. The normalized spacial score (nSPS) is 28.9. The quantitative estimate of drug-likeness (QED) is 0.268. The fraction of sp³-hybridized carbons (Fsp3) is 0.621. The summed E-state index contributed by atoms with van der Waals surface area (Å²) in [4.78, 5) is 39.2. The molecular formula is C29H37NO9. The van der Waals surface area contributed by atoms with Crippen LogP contribution in [0.15, 0.2) is 24.0 Å². The van der Waals surface area contributed by atoms with Crippen LogP contribution in [-0.4, -0.2) is 79.1 Å². The van der Waals surface area contributed by atoms with Crippen molar-refractivity contribution in [2.75, 3.05) is 27.3 Å². The molecule has 0 unspecified atom stereocenters. The van der Waals surface area contributed by atoms with Crippen LogP contribution >= 0.6 is 0 Å². The maximum atomic E-state index is 13.0. The van der Waals surface area contributed by atoms with Crippen LogP contribution in [-0.2, 0) is 40.4 Å². The number of carbonyl (C=O) groups excluding carboxylic acids is 3. The van der Waals surface area contributed by atoms with Crippen molar-refractivity contribution >= 4 is 17.9 Å². The molecule has 4 aliphatic rings. The zero-order valence-electron chi connectivity index (χ0n) is 23.0. The first kappa shape index (κ1) is 27.5. The number of unbranched alkanes of at least 4 members (excludes halogenated alkanes) is 1. The van der Waals surface area contributed by atoms with Crippen molar-refractivity contribution in [1.29, 1.82) is 0 Å². The molecule has 2 aliphatic carbocycles. The van der Waals surface area contributed by atoms with Gasteiger partial charge in [-0.1, -0.05) is 19.4 Å². The van der Waals surface area contributed by atoms with Gasteiger partial charge in [0.1, 0.15) is 5.76 Å². The Hall–Kier alpha value is -3.11. The van der Waals surface area contributed by atoms with E-state index in [0.717, 1.165) is 30.5 Å². The second-order valence-electron chi connectivity index (χ2n) is 10.9. The van der Waals surface area contributed by atoms with Gasteiger partial charge in [0.15, 0.2) is 23.7 Å². The third-order valence-electron chi connectivity index (χ3n) is 8.71. The molecule has 5 rings (SSSR count). The number of hydrogen-bond donors (Lipinski definition) is 1. The third-order valence-corrected chi connectivity index (χ3v) is 8.71. The number of piperidine rings is 1. The van der Waals surface area contributed by atoms with Gasteiger partial charge in [-0.3, -0.25) is 9.59 Å². The van der Waals surface area contributed by atoms with Crippen molar-refractivity contribution in [2.24, 2.45) is 0 Å². The number of likely N-dealkylation sites (N-methyl/N-ethyl adjacent to an activating group) is 1. The number of aliphatic hydroxyl groups is 1. The molecule has 1 fully saturated rings. The molecule has 10 nitrogen and oxygen atoms in total. The highest BCUT2D eigenvalue weighted by atomic mass is 16.6. The second-order valence-corrected chi connectivity index (χ2v) is 10.9. The van der Waals surface area contributed by atoms with Gasteiger partial charge in [-0.2, -0.15) is 0 Å². The highest BCUT2D eigenvalue weighted by Gasteiger charge is 2.72. The van der Waals surface area contributed by atoms with Gasteiger partial charge in [-0.25, -0.2) is 4.79 Å². The first-order valence-corrected chi connectivity index (χ1v) is 13.7. The number of methoxy groups -OCH3 is 1. The lowest BCUT2D eigenvalue weighted by Crippen LogP contribution is -2.74. The molecule has 1 saturated heterocycles. The topological polar surface area (TPSA) is 121 Å². The Kier molecular flexibility index (Phi) is 7.37. The first-order valence-electron chi connectivity index (χ1n) is 13.7. The van der Waals surface area contributed by atoms with Crippen molar-refractivity contribution in [1.82, 2.24) is 4.90 Å². The molecular weight excluding hydrogens is 506 g/mol. The largest absolute Gasteiger partial charge is 0.493 e. The molecule has 0 saturated carbocycles. The van der Waals surface area contributed by atoms with E-state index in [1.807, 2.05) is 26.1 Å². The number of likely N-dealkylation sites (tertiary alicyclic amines) is 1. The fourth-order valence-electron chi connectivity index (χ4n) is 6.70. The van der Waals surface area contributed by atoms with Gasteiger partial charge in [-0.05, 0) is 57.5 Å². The predicted molar refractivity (Wildman–Crippen MR) is 138 cm³/mol. The molecule has 10 heteroatoms. The van der Waals surface area contributed by atoms with E-state index in [2.05, 4.69) is 4.90 Å². The minimum absolute atomic E-state index is 0.119. The number of rotatable bonds is 10. The van der Waals surface area contributed by atoms with E-state index < -0.39 is 41.1 Å². The minimum atomic E-state index is -1.20. The average molecular weight is 544 g/mol. The van der Waals surface area contributed by atoms with Crippen LogP contribution in [0.25, 0.3) is 0 Å². The third kappa shape index (κ3) is 4.37. The molecule has 1 N–H and O–H groups in total. The summed E-state index contributed by atoms with van der Waals surface area (Å²) in [6.45, 7) is 4.48. The van der Waals surface area contributed by atoms with E-state index in [-0.39, 0.29) is 25.3 Å². The molecule has 0 aromatic heterocycles. The van der Waals surface area contributed by atoms with Gasteiger partial charge < -0.3 is 33.7 Å². The van der Waals surface area contributed by atoms with E-state index in [9.17, 15) is 19.5 Å². The summed E-state index contributed by atoms with van der Waals surface area (Å²) in [6.07, 6.45) is 2.71. The molecule has 1 aromatic rings. The molecule has 2 aliphatic heterocycles. The molecule has 1 spiro atoms. The van der Waals surface area contributed by atoms with Crippen LogP contribution in [0.1, 0.15) is 63.5 Å². The monoisotopic (exact) mass is 543 g/mol. The van der Waals surface area contributed by atoms with Gasteiger partial charge in [0.2, 0.25) is 0 Å². The maximum Gasteiger partial charge on any atom is 0.352 e. The predicted octanol–water partition coefficient (Wildman–Crippen LogP) is 2.57. The maximum absolute atomic E-state index is 13.0. The number of ether oxygens (including phenoxy) is 5. The highest BCUT2D eigenvalue weighted by Crippen LogP contribution is 2.65. The van der Waals surface area contributed by atoms with Crippen molar-refractivity contribution in [3.8, 4) is 11.5 Å². The summed E-state index contributed by atoms with van der Waals surface area (Å²) in [5.41, 5.74) is 0.113. The van der Waals surface area contributed by atoms with E-state index in [0.29, 0.717) is 36.7 Å². The molecule has 39 heavy (non-hydrogen) atoms. The van der Waals surface area contributed by atoms with Gasteiger partial charge in [0.25, 0.3) is 0 Å². The van der Waals surface area contributed by atoms with Crippen LogP contribution in [0.2, 0.25) is 0 Å². The summed E-state index contributed by atoms with van der Waals surface area (Å²) >= 11 is 0. The van der Waals surface area contributed by atoms with E-state index in [1.165, 1.54) is 6.92 Å². The highest BCUT2D eigenvalue weighted by molar-refractivity contribution is 5.82. The zero-order chi connectivity index (χ0) is 27.9. The van der Waals surface area contributed by atoms with Crippen molar-refractivity contribution in [3.63, 3.8) is 0 Å². The lowest BCUT2D eigenvalue weighted by Gasteiger charge is -2.61. The van der Waals surface area contributed by atoms with Crippen LogP contribution < -0.4 is 9.47 Å². The lowest BCUT2D eigenvalue weighted by atomic mass is 9.50. The second kappa shape index (κ2) is 10.5. The summed E-state index contributed by atoms with van der Waals surface area (Å²) in [5, 5.41) is 12.2. The Morgan fingerprint density at radius 2 is 2.00 bits per heavy atom. The van der Waals surface area contributed by atoms with Gasteiger partial charge in [0.05, 0.1) is 37.6 Å². The van der Waals surface area contributed by atoms with Crippen LogP contribution in [0.4, 0.5) is 0 Å². The number of nitrogens with zero attached hydrogens (tertiary/aromatic N) is 1. The fourth-order valence-corrected chi connectivity index (χ4v) is 6.70. The Morgan fingerprint density at radius 1 is 1.23 bits per heavy atom. The van der Waals surface area contributed by atoms with E-state index >= 15 is 0 Å². The molecule has 2 heterocycles. The molecule has 1 aromatic carbocycles. The van der Waals surface area contributed by atoms with Crippen LogP contribution in [0, 0.1) is 0 Å². The van der Waals surface area contributed by atoms with Crippen molar-refractivity contribution < 1.29 is 43.2 Å². The van der Waals surface area contributed by atoms with Gasteiger partial charge in [0, 0.05) is 18.0 Å². The smallest absolute Gasteiger partial charge is 0.352 e. The Balaban J connectivity index is 1.31. The number of carbonyl (C=O) groups is 3. The molecule has 0 amide bonds. The van der Waals surface area contributed by atoms with E-state index in [1.54, 1.807) is 13.2 Å². The molecule has 212 valence electrons. The summed E-state index contributed by atoms with van der Waals surface area (Å²) in [5.74, 6) is -0.488. The summed E-state index contributed by atoms with van der Waals surface area (Å²) in [6, 6.07) is 3.78. The van der Waals surface area contributed by atoms with Crippen LogP contribution in [0.5, 0.6) is 11.5 Å². The lowest BCUT2D eigenvalue weighted by molar-refractivity contribution is -0.175. The van der Waals surface area contributed by atoms with E-state index in [4.69, 9.17) is 23.7 Å². The first-order chi connectivity index (χ1) is 18.7. The molecule has 5 atom stereocenters. The molecule has 2 bridgehead atoms.